The molecule has 0 bridgehead atoms. The van der Waals surface area contributed by atoms with Gasteiger partial charge in [0, 0.05) is 25.7 Å². The van der Waals surface area contributed by atoms with Crippen LogP contribution in [0, 0.1) is 5.92 Å². The molecular formula is C14H22N2O. The van der Waals surface area contributed by atoms with Crippen molar-refractivity contribution in [2.75, 3.05) is 11.9 Å². The summed E-state index contributed by atoms with van der Waals surface area (Å²) in [7, 11) is 1.82. The zero-order valence-corrected chi connectivity index (χ0v) is 10.9. The van der Waals surface area contributed by atoms with E-state index < -0.39 is 0 Å². The number of hydrogen-bond acceptors (Lipinski definition) is 2. The van der Waals surface area contributed by atoms with Crippen LogP contribution in [0.5, 0.6) is 0 Å². The van der Waals surface area contributed by atoms with E-state index >= 15 is 0 Å². The van der Waals surface area contributed by atoms with Crippen molar-refractivity contribution >= 4 is 11.6 Å². The quantitative estimate of drug-likeness (QED) is 0.851. The summed E-state index contributed by atoms with van der Waals surface area (Å²) in [5, 5.41) is 0. The monoisotopic (exact) mass is 234 g/mol. The molecule has 0 aliphatic heterocycles. The molecule has 1 rings (SSSR count). The molecule has 0 fully saturated rings. The number of anilines is 1. The van der Waals surface area contributed by atoms with Crippen LogP contribution in [0.3, 0.4) is 0 Å². The highest BCUT2D eigenvalue weighted by atomic mass is 16.2. The average Bonchev–Trinajstić information content (AvgIpc) is 2.34. The molecule has 0 aliphatic rings. The van der Waals surface area contributed by atoms with E-state index in [9.17, 15) is 4.79 Å². The van der Waals surface area contributed by atoms with E-state index in [0.29, 0.717) is 18.9 Å². The fraction of sp³-hybridized carbons (Fsp3) is 0.500. The molecule has 0 atom stereocenters. The fourth-order valence-electron chi connectivity index (χ4n) is 1.72. The van der Waals surface area contributed by atoms with Gasteiger partial charge < -0.3 is 10.6 Å². The Balaban J connectivity index is 2.74. The Hall–Kier alpha value is -1.35. The molecule has 3 nitrogen and oxygen atoms in total. The van der Waals surface area contributed by atoms with E-state index in [1.807, 2.05) is 31.3 Å². The Labute approximate surface area is 104 Å². The molecule has 94 valence electrons. The highest BCUT2D eigenvalue weighted by Crippen LogP contribution is 2.20. The molecule has 0 heterocycles. The van der Waals surface area contributed by atoms with Crippen LogP contribution in [0.15, 0.2) is 24.3 Å². The minimum absolute atomic E-state index is 0.152. The summed E-state index contributed by atoms with van der Waals surface area (Å²) in [5.41, 5.74) is 7.60. The Morgan fingerprint density at radius 2 is 2.00 bits per heavy atom. The first-order chi connectivity index (χ1) is 8.06. The number of nitrogens with two attached hydrogens (primary N) is 1. The average molecular weight is 234 g/mol. The van der Waals surface area contributed by atoms with E-state index in [0.717, 1.165) is 17.7 Å². The molecule has 0 radical (unpaired) electrons. The zero-order valence-electron chi connectivity index (χ0n) is 10.9. The number of hydrogen-bond donors (Lipinski definition) is 1. The van der Waals surface area contributed by atoms with Crippen LogP contribution < -0.4 is 10.6 Å². The minimum Gasteiger partial charge on any atom is -0.326 e. The van der Waals surface area contributed by atoms with Crippen molar-refractivity contribution in [3.8, 4) is 0 Å². The molecule has 0 spiro atoms. The summed E-state index contributed by atoms with van der Waals surface area (Å²) in [6, 6.07) is 7.77. The minimum atomic E-state index is 0.152. The van der Waals surface area contributed by atoms with Gasteiger partial charge in [-0.25, -0.2) is 0 Å². The molecule has 0 aromatic heterocycles. The van der Waals surface area contributed by atoms with Gasteiger partial charge >= 0.3 is 0 Å². The first-order valence-electron chi connectivity index (χ1n) is 6.10. The van der Waals surface area contributed by atoms with Crippen molar-refractivity contribution in [3.63, 3.8) is 0 Å². The van der Waals surface area contributed by atoms with Gasteiger partial charge in [0.2, 0.25) is 5.91 Å². The van der Waals surface area contributed by atoms with E-state index in [2.05, 4.69) is 13.8 Å². The maximum Gasteiger partial charge on any atom is 0.226 e. The number of rotatable bonds is 5. The largest absolute Gasteiger partial charge is 0.326 e. The number of nitrogens with zero attached hydrogens (tertiary/aromatic N) is 1. The SMILES string of the molecule is CC(C)CCC(=O)N(C)c1ccccc1CN. The lowest BCUT2D eigenvalue weighted by molar-refractivity contribution is -0.118. The third-order valence-electron chi connectivity index (χ3n) is 2.88. The van der Waals surface area contributed by atoms with Gasteiger partial charge in [-0.15, -0.1) is 0 Å². The lowest BCUT2D eigenvalue weighted by Gasteiger charge is -2.20. The van der Waals surface area contributed by atoms with Crippen LogP contribution in [0.1, 0.15) is 32.3 Å². The summed E-state index contributed by atoms with van der Waals surface area (Å²) < 4.78 is 0. The second kappa shape index (κ2) is 6.40. The van der Waals surface area contributed by atoms with Crippen LogP contribution >= 0.6 is 0 Å². The number of carbonyl (C=O) groups is 1. The number of amides is 1. The van der Waals surface area contributed by atoms with Crippen molar-refractivity contribution in [2.24, 2.45) is 11.7 Å². The summed E-state index contributed by atoms with van der Waals surface area (Å²) >= 11 is 0. The van der Waals surface area contributed by atoms with Crippen molar-refractivity contribution in [2.45, 2.75) is 33.2 Å². The smallest absolute Gasteiger partial charge is 0.226 e. The first kappa shape index (κ1) is 13.7. The maximum atomic E-state index is 12.0. The molecule has 3 heteroatoms. The van der Waals surface area contributed by atoms with Gasteiger partial charge in [-0.1, -0.05) is 32.0 Å². The third-order valence-corrected chi connectivity index (χ3v) is 2.88. The fourth-order valence-corrected chi connectivity index (χ4v) is 1.72. The molecule has 1 amide bonds. The highest BCUT2D eigenvalue weighted by molar-refractivity contribution is 5.93. The number of carbonyl (C=O) groups excluding carboxylic acids is 1. The van der Waals surface area contributed by atoms with E-state index in [-0.39, 0.29) is 5.91 Å². The Morgan fingerprint density at radius 1 is 1.35 bits per heavy atom. The van der Waals surface area contributed by atoms with Crippen LogP contribution in [0.2, 0.25) is 0 Å². The second-order valence-electron chi connectivity index (χ2n) is 4.72. The van der Waals surface area contributed by atoms with Crippen LogP contribution in [0.4, 0.5) is 5.69 Å². The van der Waals surface area contributed by atoms with Gasteiger partial charge in [0.15, 0.2) is 0 Å². The third kappa shape index (κ3) is 3.86. The molecule has 0 saturated heterocycles. The van der Waals surface area contributed by atoms with Crippen molar-refractivity contribution < 1.29 is 4.79 Å². The van der Waals surface area contributed by atoms with Crippen LogP contribution in [0.25, 0.3) is 0 Å². The van der Waals surface area contributed by atoms with Crippen molar-refractivity contribution in [1.82, 2.24) is 0 Å². The predicted octanol–water partition coefficient (Wildman–Crippen LogP) is 2.54. The van der Waals surface area contributed by atoms with Crippen LogP contribution in [-0.4, -0.2) is 13.0 Å². The van der Waals surface area contributed by atoms with Gasteiger partial charge in [0.05, 0.1) is 0 Å². The van der Waals surface area contributed by atoms with Gasteiger partial charge in [0.25, 0.3) is 0 Å². The molecule has 2 N–H and O–H groups in total. The lowest BCUT2D eigenvalue weighted by Crippen LogP contribution is -2.27. The molecule has 0 unspecified atom stereocenters. The summed E-state index contributed by atoms with van der Waals surface area (Å²) in [4.78, 5) is 13.7. The maximum absolute atomic E-state index is 12.0. The van der Waals surface area contributed by atoms with Gasteiger partial charge in [-0.3, -0.25) is 4.79 Å². The van der Waals surface area contributed by atoms with Crippen molar-refractivity contribution in [1.29, 1.82) is 0 Å². The van der Waals surface area contributed by atoms with E-state index in [1.165, 1.54) is 0 Å². The molecule has 17 heavy (non-hydrogen) atoms. The summed E-state index contributed by atoms with van der Waals surface area (Å²) in [5.74, 6) is 0.705. The second-order valence-corrected chi connectivity index (χ2v) is 4.72. The normalized spacial score (nSPS) is 10.6. The zero-order chi connectivity index (χ0) is 12.8. The number of para-hydroxylation sites is 1. The lowest BCUT2D eigenvalue weighted by atomic mass is 10.1. The first-order valence-corrected chi connectivity index (χ1v) is 6.10. The topological polar surface area (TPSA) is 46.3 Å². The van der Waals surface area contributed by atoms with Crippen molar-refractivity contribution in [3.05, 3.63) is 29.8 Å². The van der Waals surface area contributed by atoms with E-state index in [4.69, 9.17) is 5.73 Å². The van der Waals surface area contributed by atoms with Gasteiger partial charge in [0.1, 0.15) is 0 Å². The standard InChI is InChI=1S/C14H22N2O/c1-11(2)8-9-14(17)16(3)13-7-5-4-6-12(13)10-15/h4-7,11H,8-10,15H2,1-3H3. The van der Waals surface area contributed by atoms with Gasteiger partial charge in [-0.05, 0) is 24.0 Å². The molecule has 0 aliphatic carbocycles. The molecule has 0 saturated carbocycles. The number of benzene rings is 1. The molecule has 1 aromatic carbocycles. The Morgan fingerprint density at radius 3 is 2.59 bits per heavy atom. The Kier molecular flexibility index (Phi) is 5.16. The molecular weight excluding hydrogens is 212 g/mol. The van der Waals surface area contributed by atoms with Crippen LogP contribution in [-0.2, 0) is 11.3 Å². The van der Waals surface area contributed by atoms with E-state index in [1.54, 1.807) is 4.90 Å². The highest BCUT2D eigenvalue weighted by Gasteiger charge is 2.13. The predicted molar refractivity (Wildman–Crippen MR) is 71.8 cm³/mol. The molecule has 1 aromatic rings. The Bertz CT molecular complexity index is 374. The summed E-state index contributed by atoms with van der Waals surface area (Å²) in [6.07, 6.45) is 1.51. The van der Waals surface area contributed by atoms with Gasteiger partial charge in [-0.2, -0.15) is 0 Å². The summed E-state index contributed by atoms with van der Waals surface area (Å²) in [6.45, 7) is 4.71.